The van der Waals surface area contributed by atoms with Crippen LogP contribution in [0.15, 0.2) is 59.9 Å². The molecule has 6 nitrogen and oxygen atoms in total. The minimum atomic E-state index is -0.300. The second kappa shape index (κ2) is 8.41. The summed E-state index contributed by atoms with van der Waals surface area (Å²) in [5, 5.41) is 2.93. The first kappa shape index (κ1) is 19.7. The van der Waals surface area contributed by atoms with Crippen LogP contribution in [0.25, 0.3) is 0 Å². The molecule has 0 bridgehead atoms. The number of fused-ring (bicyclic) bond motifs is 1. The number of amides is 1. The molecule has 0 radical (unpaired) electrons. The summed E-state index contributed by atoms with van der Waals surface area (Å²) >= 11 is 0. The number of methoxy groups -OCH3 is 1. The highest BCUT2D eigenvalue weighted by molar-refractivity contribution is 6.15. The molecule has 0 spiro atoms. The lowest BCUT2D eigenvalue weighted by atomic mass is 10.0. The summed E-state index contributed by atoms with van der Waals surface area (Å²) in [6.07, 6.45) is 3.61. The molecule has 1 aliphatic heterocycles. The second-order valence-corrected chi connectivity index (χ2v) is 7.10. The number of nitrogens with zero attached hydrogens (tertiary/aromatic N) is 3. The van der Waals surface area contributed by atoms with E-state index >= 15 is 0 Å². The molecule has 1 aliphatic rings. The molecule has 1 atom stereocenters. The molecule has 0 saturated heterocycles. The first-order chi connectivity index (χ1) is 14.5. The Labute approximate surface area is 173 Å². The summed E-state index contributed by atoms with van der Waals surface area (Å²) in [4.78, 5) is 25.7. The fourth-order valence-corrected chi connectivity index (χ4v) is 3.44. The van der Waals surface area contributed by atoms with Gasteiger partial charge >= 0.3 is 0 Å². The Hall–Kier alpha value is -3.61. The number of aromatic nitrogens is 2. The lowest BCUT2D eigenvalue weighted by molar-refractivity contribution is -0.121. The van der Waals surface area contributed by atoms with Crippen LogP contribution in [0.4, 0.5) is 4.39 Å². The van der Waals surface area contributed by atoms with Crippen molar-refractivity contribution in [3.63, 3.8) is 0 Å². The first-order valence-corrected chi connectivity index (χ1v) is 9.61. The molecule has 1 amide bonds. The number of pyridine rings is 2. The summed E-state index contributed by atoms with van der Waals surface area (Å²) in [6, 6.07) is 11.5. The topological polar surface area (TPSA) is 76.5 Å². The van der Waals surface area contributed by atoms with Gasteiger partial charge in [0.05, 0.1) is 37.5 Å². The van der Waals surface area contributed by atoms with Gasteiger partial charge in [-0.2, -0.15) is 0 Å². The molecule has 152 valence electrons. The molecular weight excluding hydrogens is 383 g/mol. The van der Waals surface area contributed by atoms with Gasteiger partial charge in [0.25, 0.3) is 0 Å². The molecule has 3 heterocycles. The molecule has 4 rings (SSSR count). The van der Waals surface area contributed by atoms with Crippen molar-refractivity contribution in [2.75, 3.05) is 7.11 Å². The predicted octanol–water partition coefficient (Wildman–Crippen LogP) is 3.40. The Bertz CT molecular complexity index is 1110. The highest BCUT2D eigenvalue weighted by Gasteiger charge is 2.20. The number of halogens is 1. The highest BCUT2D eigenvalue weighted by atomic mass is 19.1. The normalized spacial score (nSPS) is 13.4. The first-order valence-electron chi connectivity index (χ1n) is 9.61. The van der Waals surface area contributed by atoms with Crippen molar-refractivity contribution in [1.29, 1.82) is 0 Å². The molecule has 0 aliphatic carbocycles. The van der Waals surface area contributed by atoms with Crippen molar-refractivity contribution >= 4 is 11.6 Å². The zero-order valence-corrected chi connectivity index (χ0v) is 16.7. The van der Waals surface area contributed by atoms with E-state index in [1.54, 1.807) is 31.6 Å². The monoisotopic (exact) mass is 404 g/mol. The molecule has 7 heteroatoms. The molecule has 1 N–H and O–H groups in total. The van der Waals surface area contributed by atoms with E-state index in [9.17, 15) is 9.18 Å². The minimum absolute atomic E-state index is 0.141. The van der Waals surface area contributed by atoms with Crippen molar-refractivity contribution < 1.29 is 13.9 Å². The number of nitrogens with one attached hydrogen (secondary N) is 1. The van der Waals surface area contributed by atoms with Crippen LogP contribution in [0, 0.1) is 5.82 Å². The van der Waals surface area contributed by atoms with Gasteiger partial charge in [-0.05, 0) is 42.3 Å². The fourth-order valence-electron chi connectivity index (χ4n) is 3.44. The largest absolute Gasteiger partial charge is 0.481 e. The van der Waals surface area contributed by atoms with Crippen LogP contribution in [0.1, 0.15) is 40.9 Å². The van der Waals surface area contributed by atoms with Crippen LogP contribution in [-0.2, 0) is 17.8 Å². The number of aliphatic imine (C=N–C) groups is 1. The van der Waals surface area contributed by atoms with Crippen LogP contribution in [0.3, 0.4) is 0 Å². The molecular formula is C23H21FN4O2. The number of benzene rings is 1. The maximum absolute atomic E-state index is 13.1. The Kier molecular flexibility index (Phi) is 5.52. The number of hydrogen-bond acceptors (Lipinski definition) is 5. The van der Waals surface area contributed by atoms with E-state index in [0.717, 1.165) is 28.0 Å². The molecule has 0 unspecified atom stereocenters. The van der Waals surface area contributed by atoms with Gasteiger partial charge in [0, 0.05) is 29.6 Å². The highest BCUT2D eigenvalue weighted by Crippen LogP contribution is 2.24. The van der Waals surface area contributed by atoms with E-state index in [-0.39, 0.29) is 24.2 Å². The lowest BCUT2D eigenvalue weighted by Crippen LogP contribution is -2.28. The number of carbonyl (C=O) groups excluding carboxylic acids is 1. The summed E-state index contributed by atoms with van der Waals surface area (Å²) in [5.41, 5.74) is 5.27. The fraction of sp³-hybridized carbons (Fsp3) is 0.217. The average molecular weight is 404 g/mol. The number of carbonyl (C=O) groups is 1. The third-order valence-corrected chi connectivity index (χ3v) is 5.02. The number of rotatable bonds is 6. The average Bonchev–Trinajstić information content (AvgIpc) is 3.17. The zero-order valence-electron chi connectivity index (χ0n) is 16.7. The third-order valence-electron chi connectivity index (χ3n) is 5.02. The van der Waals surface area contributed by atoms with Gasteiger partial charge in [0.2, 0.25) is 11.8 Å². The summed E-state index contributed by atoms with van der Waals surface area (Å²) in [7, 11) is 1.58. The molecule has 2 aromatic heterocycles. The summed E-state index contributed by atoms with van der Waals surface area (Å²) in [6.45, 7) is 2.41. The van der Waals surface area contributed by atoms with Crippen LogP contribution in [-0.4, -0.2) is 28.7 Å². The molecule has 1 aromatic carbocycles. The van der Waals surface area contributed by atoms with Crippen molar-refractivity contribution in [1.82, 2.24) is 15.3 Å². The van der Waals surface area contributed by atoms with E-state index in [1.165, 1.54) is 12.1 Å². The van der Waals surface area contributed by atoms with Gasteiger partial charge in [0.1, 0.15) is 5.82 Å². The Morgan fingerprint density at radius 2 is 2.00 bits per heavy atom. The molecule has 3 aromatic rings. The predicted molar refractivity (Wildman–Crippen MR) is 111 cm³/mol. The van der Waals surface area contributed by atoms with Gasteiger partial charge in [-0.25, -0.2) is 9.37 Å². The summed E-state index contributed by atoms with van der Waals surface area (Å²) in [5.74, 6) is 0.0869. The lowest BCUT2D eigenvalue weighted by Gasteiger charge is -2.14. The smallest absolute Gasteiger partial charge is 0.226 e. The van der Waals surface area contributed by atoms with E-state index in [2.05, 4.69) is 20.3 Å². The van der Waals surface area contributed by atoms with E-state index < -0.39 is 0 Å². The number of ether oxygens (including phenoxy) is 1. The van der Waals surface area contributed by atoms with Gasteiger partial charge in [0.15, 0.2) is 0 Å². The van der Waals surface area contributed by atoms with Crippen molar-refractivity contribution in [3.05, 3.63) is 88.6 Å². The third kappa shape index (κ3) is 4.20. The van der Waals surface area contributed by atoms with Crippen molar-refractivity contribution in [2.24, 2.45) is 4.99 Å². The van der Waals surface area contributed by atoms with E-state index in [1.807, 2.05) is 25.1 Å². The Morgan fingerprint density at radius 3 is 2.77 bits per heavy atom. The molecule has 30 heavy (non-hydrogen) atoms. The van der Waals surface area contributed by atoms with E-state index in [0.29, 0.717) is 18.1 Å². The maximum atomic E-state index is 13.1. The van der Waals surface area contributed by atoms with Gasteiger partial charge in [-0.15, -0.1) is 0 Å². The van der Waals surface area contributed by atoms with Crippen LogP contribution in [0.5, 0.6) is 5.88 Å². The van der Waals surface area contributed by atoms with Crippen LogP contribution >= 0.6 is 0 Å². The van der Waals surface area contributed by atoms with E-state index in [4.69, 9.17) is 4.74 Å². The Morgan fingerprint density at radius 1 is 1.20 bits per heavy atom. The summed E-state index contributed by atoms with van der Waals surface area (Å²) < 4.78 is 18.3. The van der Waals surface area contributed by atoms with Gasteiger partial charge in [-0.1, -0.05) is 12.1 Å². The molecule has 0 fully saturated rings. The SMILES string of the molecule is COc1cc(C2=NCc3cc(CC(=O)N[C@H](C)c4ccc(F)cc4)ncc32)ccn1. The van der Waals surface area contributed by atoms with Gasteiger partial charge < -0.3 is 10.1 Å². The quantitative estimate of drug-likeness (QED) is 0.683. The zero-order chi connectivity index (χ0) is 21.1. The van der Waals surface area contributed by atoms with Crippen molar-refractivity contribution in [3.8, 4) is 5.88 Å². The minimum Gasteiger partial charge on any atom is -0.481 e. The Balaban J connectivity index is 1.44. The van der Waals surface area contributed by atoms with Crippen LogP contribution in [0.2, 0.25) is 0 Å². The second-order valence-electron chi connectivity index (χ2n) is 7.10. The standard InChI is InChI=1S/C23H21FN4O2/c1-14(15-3-5-18(24)6-4-15)28-21(29)11-19-9-17-12-27-23(20(17)13-26-19)16-7-8-25-22(10-16)30-2/h3-10,13-14H,11-12H2,1-2H3,(H,28,29)/t14-/m1/s1. The van der Waals surface area contributed by atoms with Crippen LogP contribution < -0.4 is 10.1 Å². The van der Waals surface area contributed by atoms with Gasteiger partial charge in [-0.3, -0.25) is 14.8 Å². The molecule has 0 saturated carbocycles. The maximum Gasteiger partial charge on any atom is 0.226 e. The van der Waals surface area contributed by atoms with Crippen molar-refractivity contribution in [2.45, 2.75) is 25.9 Å². The number of hydrogen-bond donors (Lipinski definition) is 1.